The minimum Gasteiger partial charge on any atom is -0.350 e. The van der Waals surface area contributed by atoms with Gasteiger partial charge in [-0.15, -0.1) is 0 Å². The molecule has 1 amide bonds. The fourth-order valence-electron chi connectivity index (χ4n) is 2.77. The molecule has 138 valence electrons. The summed E-state index contributed by atoms with van der Waals surface area (Å²) in [7, 11) is -3.75. The van der Waals surface area contributed by atoms with E-state index in [0.717, 1.165) is 0 Å². The van der Waals surface area contributed by atoms with Crippen LogP contribution in [0.5, 0.6) is 0 Å². The number of hydrogen-bond acceptors (Lipinski definition) is 3. The zero-order valence-corrected chi connectivity index (χ0v) is 15.2. The topological polar surface area (TPSA) is 63.2 Å². The van der Waals surface area contributed by atoms with E-state index in [1.54, 1.807) is 54.6 Å². The maximum atomic E-state index is 13.8. The van der Waals surface area contributed by atoms with Crippen LogP contribution >= 0.6 is 0 Å². The Morgan fingerprint density at radius 1 is 0.852 bits per heavy atom. The van der Waals surface area contributed by atoms with Gasteiger partial charge in [0.1, 0.15) is 11.1 Å². The minimum absolute atomic E-state index is 0.124. The lowest BCUT2D eigenvalue weighted by molar-refractivity contribution is 0.0949. The second-order valence-electron chi connectivity index (χ2n) is 5.95. The van der Waals surface area contributed by atoms with Crippen molar-refractivity contribution >= 4 is 15.7 Å². The lowest BCUT2D eigenvalue weighted by atomic mass is 10.1. The molecule has 1 N–H and O–H groups in total. The van der Waals surface area contributed by atoms with E-state index in [-0.39, 0.29) is 17.0 Å². The predicted molar refractivity (Wildman–Crippen MR) is 102 cm³/mol. The van der Waals surface area contributed by atoms with Gasteiger partial charge in [-0.25, -0.2) is 12.8 Å². The van der Waals surface area contributed by atoms with Crippen LogP contribution in [0, 0.1) is 5.82 Å². The van der Waals surface area contributed by atoms with E-state index in [1.807, 2.05) is 0 Å². The van der Waals surface area contributed by atoms with Crippen molar-refractivity contribution in [2.45, 2.75) is 10.1 Å². The molecule has 3 rings (SSSR count). The molecule has 0 saturated heterocycles. The molecule has 0 aliphatic rings. The molecule has 0 aromatic heterocycles. The quantitative estimate of drug-likeness (QED) is 0.705. The van der Waals surface area contributed by atoms with E-state index in [9.17, 15) is 17.6 Å². The van der Waals surface area contributed by atoms with Crippen LogP contribution in [0.4, 0.5) is 4.39 Å². The van der Waals surface area contributed by atoms with Gasteiger partial charge in [-0.3, -0.25) is 4.79 Å². The van der Waals surface area contributed by atoms with E-state index >= 15 is 0 Å². The van der Waals surface area contributed by atoms with Crippen LogP contribution in [0.2, 0.25) is 0 Å². The van der Waals surface area contributed by atoms with E-state index in [2.05, 4.69) is 5.32 Å². The molecule has 3 aromatic carbocycles. The van der Waals surface area contributed by atoms with Gasteiger partial charge in [0.2, 0.25) is 0 Å². The molecule has 0 fully saturated rings. The predicted octanol–water partition coefficient (Wildman–Crippen LogP) is 3.77. The SMILES string of the molecule is O=C(NC[C@H](c1ccccc1)S(=O)(=O)c1ccccc1)c1ccccc1F. The first kappa shape index (κ1) is 18.8. The number of nitrogens with one attached hydrogen (secondary N) is 1. The smallest absolute Gasteiger partial charge is 0.254 e. The van der Waals surface area contributed by atoms with Crippen LogP contribution in [0.1, 0.15) is 21.2 Å². The van der Waals surface area contributed by atoms with Crippen LogP contribution < -0.4 is 5.32 Å². The molecular weight excluding hydrogens is 365 g/mol. The maximum Gasteiger partial charge on any atom is 0.254 e. The summed E-state index contributed by atoms with van der Waals surface area (Å²) in [6.07, 6.45) is 0. The molecule has 0 aliphatic heterocycles. The summed E-state index contributed by atoms with van der Waals surface area (Å²) in [6, 6.07) is 22.3. The second kappa shape index (κ2) is 8.14. The summed E-state index contributed by atoms with van der Waals surface area (Å²) in [6.45, 7) is -0.172. The van der Waals surface area contributed by atoms with Crippen molar-refractivity contribution < 1.29 is 17.6 Å². The molecule has 0 aliphatic carbocycles. The number of halogens is 1. The Morgan fingerprint density at radius 2 is 1.41 bits per heavy atom. The second-order valence-corrected chi connectivity index (χ2v) is 8.08. The number of carbonyl (C=O) groups excluding carboxylic acids is 1. The van der Waals surface area contributed by atoms with E-state index in [0.29, 0.717) is 5.56 Å². The average Bonchev–Trinajstić information content (AvgIpc) is 2.69. The van der Waals surface area contributed by atoms with Crippen molar-refractivity contribution in [1.29, 1.82) is 0 Å². The standard InChI is InChI=1S/C21H18FNO3S/c22-19-14-8-7-13-18(19)21(24)23-15-20(16-9-3-1-4-10-16)27(25,26)17-11-5-2-6-12-17/h1-14,20H,15H2,(H,23,24)/t20-/m1/s1. The van der Waals surface area contributed by atoms with E-state index < -0.39 is 26.8 Å². The molecule has 0 bridgehead atoms. The molecule has 0 heterocycles. The van der Waals surface area contributed by atoms with E-state index in [1.165, 1.54) is 30.3 Å². The Kier molecular flexibility index (Phi) is 5.66. The van der Waals surface area contributed by atoms with Crippen LogP contribution in [0.25, 0.3) is 0 Å². The average molecular weight is 383 g/mol. The number of rotatable bonds is 6. The third-order valence-corrected chi connectivity index (χ3v) is 6.30. The van der Waals surface area contributed by atoms with Gasteiger partial charge in [0, 0.05) is 6.54 Å². The van der Waals surface area contributed by atoms with Crippen LogP contribution in [0.3, 0.4) is 0 Å². The van der Waals surface area contributed by atoms with Gasteiger partial charge >= 0.3 is 0 Å². The summed E-state index contributed by atoms with van der Waals surface area (Å²) >= 11 is 0. The number of amides is 1. The molecule has 4 nitrogen and oxygen atoms in total. The highest BCUT2D eigenvalue weighted by Gasteiger charge is 2.29. The van der Waals surface area contributed by atoms with Crippen molar-refractivity contribution in [2.75, 3.05) is 6.54 Å². The molecule has 1 atom stereocenters. The molecule has 0 spiro atoms. The first-order valence-electron chi connectivity index (χ1n) is 8.37. The number of hydrogen-bond donors (Lipinski definition) is 1. The van der Waals surface area contributed by atoms with Gasteiger partial charge in [0.25, 0.3) is 5.91 Å². The van der Waals surface area contributed by atoms with Crippen molar-refractivity contribution in [3.63, 3.8) is 0 Å². The monoisotopic (exact) mass is 383 g/mol. The normalized spacial score (nSPS) is 12.3. The first-order chi connectivity index (χ1) is 13.0. The summed E-state index contributed by atoms with van der Waals surface area (Å²) in [4.78, 5) is 12.5. The van der Waals surface area contributed by atoms with Crippen LogP contribution in [0.15, 0.2) is 89.8 Å². The van der Waals surface area contributed by atoms with Gasteiger partial charge in [0.15, 0.2) is 9.84 Å². The van der Waals surface area contributed by atoms with Crippen LogP contribution in [-0.2, 0) is 9.84 Å². The molecule has 0 unspecified atom stereocenters. The number of benzene rings is 3. The fourth-order valence-corrected chi connectivity index (χ4v) is 4.46. The third-order valence-electron chi connectivity index (χ3n) is 4.18. The van der Waals surface area contributed by atoms with Crippen molar-refractivity contribution in [2.24, 2.45) is 0 Å². The summed E-state index contributed by atoms with van der Waals surface area (Å²) in [5.74, 6) is -1.31. The first-order valence-corrected chi connectivity index (χ1v) is 9.91. The molecular formula is C21H18FNO3S. The summed E-state index contributed by atoms with van der Waals surface area (Å²) < 4.78 is 40.1. The van der Waals surface area contributed by atoms with Crippen molar-refractivity contribution in [3.8, 4) is 0 Å². The van der Waals surface area contributed by atoms with Gasteiger partial charge in [0.05, 0.1) is 10.5 Å². The summed E-state index contributed by atoms with van der Waals surface area (Å²) in [5.41, 5.74) is 0.427. The van der Waals surface area contributed by atoms with Gasteiger partial charge in [-0.05, 0) is 29.8 Å². The lowest BCUT2D eigenvalue weighted by Crippen LogP contribution is -2.32. The number of sulfone groups is 1. The zero-order valence-electron chi connectivity index (χ0n) is 14.4. The third kappa shape index (κ3) is 4.23. The Labute approximate surface area is 157 Å². The Bertz CT molecular complexity index is 1020. The van der Waals surface area contributed by atoms with Crippen molar-refractivity contribution in [3.05, 3.63) is 102 Å². The van der Waals surface area contributed by atoms with Gasteiger partial charge < -0.3 is 5.32 Å². The zero-order chi connectivity index (χ0) is 19.3. The highest BCUT2D eigenvalue weighted by atomic mass is 32.2. The largest absolute Gasteiger partial charge is 0.350 e. The Hall–Kier alpha value is -2.99. The fraction of sp³-hybridized carbons (Fsp3) is 0.0952. The van der Waals surface area contributed by atoms with Gasteiger partial charge in [-0.1, -0.05) is 60.7 Å². The van der Waals surface area contributed by atoms with Crippen molar-refractivity contribution in [1.82, 2.24) is 5.32 Å². The molecule has 0 saturated carbocycles. The Morgan fingerprint density at radius 3 is 2.04 bits per heavy atom. The Balaban J connectivity index is 1.90. The summed E-state index contributed by atoms with van der Waals surface area (Å²) in [5, 5.41) is 1.57. The van der Waals surface area contributed by atoms with Gasteiger partial charge in [-0.2, -0.15) is 0 Å². The molecule has 6 heteroatoms. The molecule has 3 aromatic rings. The highest BCUT2D eigenvalue weighted by molar-refractivity contribution is 7.91. The molecule has 0 radical (unpaired) electrons. The lowest BCUT2D eigenvalue weighted by Gasteiger charge is -2.19. The molecule has 27 heavy (non-hydrogen) atoms. The van der Waals surface area contributed by atoms with Crippen LogP contribution in [-0.4, -0.2) is 20.9 Å². The highest BCUT2D eigenvalue weighted by Crippen LogP contribution is 2.28. The minimum atomic E-state index is -3.75. The number of carbonyl (C=O) groups is 1. The maximum absolute atomic E-state index is 13.8. The van der Waals surface area contributed by atoms with E-state index in [4.69, 9.17) is 0 Å².